The summed E-state index contributed by atoms with van der Waals surface area (Å²) in [5, 5.41) is 8.96. The molecule has 0 amide bonds. The van der Waals surface area contributed by atoms with Gasteiger partial charge in [-0.05, 0) is 36.4 Å². The average Bonchev–Trinajstić information content (AvgIpc) is 2.33. The molecule has 0 atom stereocenters. The first-order valence-corrected chi connectivity index (χ1v) is 5.40. The molecular weight excluding hydrogens is 259 g/mol. The summed E-state index contributed by atoms with van der Waals surface area (Å²) >= 11 is 5.80. The SMILES string of the molecule is O=C(O)c1cccc(Oc2ccc(F)cc2Cl)c1. The van der Waals surface area contributed by atoms with E-state index in [0.717, 1.165) is 6.07 Å². The number of carboxylic acids is 1. The van der Waals surface area contributed by atoms with E-state index in [-0.39, 0.29) is 16.3 Å². The van der Waals surface area contributed by atoms with Gasteiger partial charge >= 0.3 is 5.97 Å². The number of carbonyl (C=O) groups is 1. The summed E-state index contributed by atoms with van der Waals surface area (Å²) in [6.45, 7) is 0. The van der Waals surface area contributed by atoms with Crippen molar-refractivity contribution >= 4 is 17.6 Å². The first kappa shape index (κ1) is 12.4. The minimum absolute atomic E-state index is 0.103. The van der Waals surface area contributed by atoms with Crippen molar-refractivity contribution in [3.8, 4) is 11.5 Å². The van der Waals surface area contributed by atoms with Crippen LogP contribution in [0.4, 0.5) is 4.39 Å². The number of ether oxygens (including phenoxy) is 1. The van der Waals surface area contributed by atoms with Crippen molar-refractivity contribution in [2.24, 2.45) is 0 Å². The second kappa shape index (κ2) is 5.06. The molecule has 0 spiro atoms. The molecule has 2 aromatic carbocycles. The Morgan fingerprint density at radius 2 is 2.00 bits per heavy atom. The molecule has 0 aliphatic rings. The van der Waals surface area contributed by atoms with E-state index < -0.39 is 11.8 Å². The van der Waals surface area contributed by atoms with Gasteiger partial charge in [-0.2, -0.15) is 0 Å². The Bertz CT molecular complexity index is 599. The predicted octanol–water partition coefficient (Wildman–Crippen LogP) is 3.97. The molecule has 0 bridgehead atoms. The Kier molecular flexibility index (Phi) is 3.48. The van der Waals surface area contributed by atoms with Gasteiger partial charge in [-0.15, -0.1) is 0 Å². The van der Waals surface area contributed by atoms with E-state index in [1.165, 1.54) is 24.3 Å². The molecular formula is C13H8ClFO3. The third kappa shape index (κ3) is 2.78. The molecule has 0 saturated carbocycles. The van der Waals surface area contributed by atoms with Crippen LogP contribution in [0.1, 0.15) is 10.4 Å². The van der Waals surface area contributed by atoms with E-state index >= 15 is 0 Å². The summed E-state index contributed by atoms with van der Waals surface area (Å²) in [4.78, 5) is 10.8. The smallest absolute Gasteiger partial charge is 0.335 e. The van der Waals surface area contributed by atoms with Crippen LogP contribution in [-0.4, -0.2) is 11.1 Å². The van der Waals surface area contributed by atoms with E-state index in [0.29, 0.717) is 5.75 Å². The summed E-state index contributed by atoms with van der Waals surface area (Å²) in [6.07, 6.45) is 0. The molecule has 0 aliphatic carbocycles. The van der Waals surface area contributed by atoms with Crippen LogP contribution in [0.25, 0.3) is 0 Å². The monoisotopic (exact) mass is 266 g/mol. The van der Waals surface area contributed by atoms with Crippen LogP contribution in [0.5, 0.6) is 11.5 Å². The minimum Gasteiger partial charge on any atom is -0.478 e. The van der Waals surface area contributed by atoms with Crippen molar-refractivity contribution in [2.45, 2.75) is 0 Å². The van der Waals surface area contributed by atoms with Crippen LogP contribution in [0.2, 0.25) is 5.02 Å². The molecule has 0 saturated heterocycles. The first-order chi connectivity index (χ1) is 8.56. The highest BCUT2D eigenvalue weighted by Gasteiger charge is 2.07. The minimum atomic E-state index is -1.05. The first-order valence-electron chi connectivity index (χ1n) is 5.02. The Morgan fingerprint density at radius 1 is 1.22 bits per heavy atom. The van der Waals surface area contributed by atoms with Gasteiger partial charge in [0, 0.05) is 0 Å². The molecule has 92 valence electrons. The van der Waals surface area contributed by atoms with Gasteiger partial charge in [0.05, 0.1) is 10.6 Å². The Hall–Kier alpha value is -2.07. The normalized spacial score (nSPS) is 10.1. The van der Waals surface area contributed by atoms with Crippen LogP contribution in [0, 0.1) is 5.82 Å². The Balaban J connectivity index is 2.28. The molecule has 5 heteroatoms. The van der Waals surface area contributed by atoms with Gasteiger partial charge in [0.1, 0.15) is 17.3 Å². The fourth-order valence-corrected chi connectivity index (χ4v) is 1.58. The molecule has 0 heterocycles. The third-order valence-electron chi connectivity index (χ3n) is 2.20. The zero-order valence-electron chi connectivity index (χ0n) is 9.06. The fourth-order valence-electron chi connectivity index (χ4n) is 1.38. The average molecular weight is 267 g/mol. The largest absolute Gasteiger partial charge is 0.478 e. The number of hydrogen-bond acceptors (Lipinski definition) is 2. The molecule has 0 aromatic heterocycles. The lowest BCUT2D eigenvalue weighted by Crippen LogP contribution is -1.96. The summed E-state index contributed by atoms with van der Waals surface area (Å²) in [5.74, 6) is -0.929. The zero-order chi connectivity index (χ0) is 13.1. The standard InChI is InChI=1S/C13H8ClFO3/c14-11-7-9(15)4-5-12(11)18-10-3-1-2-8(6-10)13(16)17/h1-7H,(H,16,17). The van der Waals surface area contributed by atoms with E-state index in [2.05, 4.69) is 0 Å². The molecule has 0 fully saturated rings. The topological polar surface area (TPSA) is 46.5 Å². The molecule has 0 aliphatic heterocycles. The second-order valence-electron chi connectivity index (χ2n) is 3.51. The van der Waals surface area contributed by atoms with E-state index in [1.807, 2.05) is 0 Å². The molecule has 0 unspecified atom stereocenters. The Morgan fingerprint density at radius 3 is 2.67 bits per heavy atom. The number of hydrogen-bond donors (Lipinski definition) is 1. The van der Waals surface area contributed by atoms with Crippen LogP contribution in [-0.2, 0) is 0 Å². The van der Waals surface area contributed by atoms with Gasteiger partial charge in [0.15, 0.2) is 0 Å². The highest BCUT2D eigenvalue weighted by Crippen LogP contribution is 2.30. The number of carboxylic acid groups (broad SMARTS) is 1. The lowest BCUT2D eigenvalue weighted by molar-refractivity contribution is 0.0696. The van der Waals surface area contributed by atoms with Crippen molar-refractivity contribution in [3.05, 3.63) is 58.9 Å². The van der Waals surface area contributed by atoms with Crippen LogP contribution >= 0.6 is 11.6 Å². The second-order valence-corrected chi connectivity index (χ2v) is 3.92. The summed E-state index contributed by atoms with van der Waals surface area (Å²) in [7, 11) is 0. The maximum absolute atomic E-state index is 12.8. The molecule has 2 rings (SSSR count). The van der Waals surface area contributed by atoms with Gasteiger partial charge < -0.3 is 9.84 Å². The van der Waals surface area contributed by atoms with Gasteiger partial charge in [-0.25, -0.2) is 9.18 Å². The van der Waals surface area contributed by atoms with Crippen molar-refractivity contribution < 1.29 is 19.0 Å². The predicted molar refractivity (Wildman–Crippen MR) is 64.9 cm³/mol. The molecule has 18 heavy (non-hydrogen) atoms. The number of aromatic carboxylic acids is 1. The lowest BCUT2D eigenvalue weighted by Gasteiger charge is -2.07. The number of benzene rings is 2. The number of halogens is 2. The highest BCUT2D eigenvalue weighted by atomic mass is 35.5. The maximum atomic E-state index is 12.8. The van der Waals surface area contributed by atoms with Gasteiger partial charge in [-0.3, -0.25) is 0 Å². The van der Waals surface area contributed by atoms with Gasteiger partial charge in [0.25, 0.3) is 0 Å². The van der Waals surface area contributed by atoms with Crippen molar-refractivity contribution in [1.29, 1.82) is 0 Å². The van der Waals surface area contributed by atoms with E-state index in [1.54, 1.807) is 12.1 Å². The Labute approximate surface area is 107 Å². The molecule has 3 nitrogen and oxygen atoms in total. The van der Waals surface area contributed by atoms with E-state index in [9.17, 15) is 9.18 Å². The summed E-state index contributed by atoms with van der Waals surface area (Å²) < 4.78 is 18.2. The van der Waals surface area contributed by atoms with Crippen molar-refractivity contribution in [1.82, 2.24) is 0 Å². The van der Waals surface area contributed by atoms with Crippen LogP contribution < -0.4 is 4.74 Å². The maximum Gasteiger partial charge on any atom is 0.335 e. The molecule has 1 N–H and O–H groups in total. The van der Waals surface area contributed by atoms with Gasteiger partial charge in [-0.1, -0.05) is 17.7 Å². The zero-order valence-corrected chi connectivity index (χ0v) is 9.82. The number of rotatable bonds is 3. The van der Waals surface area contributed by atoms with Crippen molar-refractivity contribution in [2.75, 3.05) is 0 Å². The fraction of sp³-hybridized carbons (Fsp3) is 0. The summed E-state index contributed by atoms with van der Waals surface area (Å²) in [5.41, 5.74) is 0.103. The van der Waals surface area contributed by atoms with Crippen molar-refractivity contribution in [3.63, 3.8) is 0 Å². The molecule has 0 radical (unpaired) electrons. The van der Waals surface area contributed by atoms with Crippen LogP contribution in [0.3, 0.4) is 0 Å². The molecule has 2 aromatic rings. The summed E-state index contributed by atoms with van der Waals surface area (Å²) in [6, 6.07) is 9.66. The van der Waals surface area contributed by atoms with Gasteiger partial charge in [0.2, 0.25) is 0 Å². The quantitative estimate of drug-likeness (QED) is 0.914. The highest BCUT2D eigenvalue weighted by molar-refractivity contribution is 6.32. The van der Waals surface area contributed by atoms with E-state index in [4.69, 9.17) is 21.4 Å². The lowest BCUT2D eigenvalue weighted by atomic mass is 10.2. The third-order valence-corrected chi connectivity index (χ3v) is 2.50. The van der Waals surface area contributed by atoms with Crippen LogP contribution in [0.15, 0.2) is 42.5 Å².